The van der Waals surface area contributed by atoms with Crippen molar-refractivity contribution in [3.05, 3.63) is 166 Å². The zero-order chi connectivity index (χ0) is 35.2. The maximum absolute atomic E-state index is 14.3. The summed E-state index contributed by atoms with van der Waals surface area (Å²) < 4.78 is 12.4. The van der Waals surface area contributed by atoms with E-state index in [2.05, 4.69) is 17.4 Å². The van der Waals surface area contributed by atoms with Gasteiger partial charge in [-0.2, -0.15) is 0 Å². The average molecular weight is 699 g/mol. The Morgan fingerprint density at radius 3 is 1.82 bits per heavy atom. The van der Waals surface area contributed by atoms with Crippen LogP contribution < -0.4 is 5.32 Å². The highest BCUT2D eigenvalue weighted by molar-refractivity contribution is 6.31. The van der Waals surface area contributed by atoms with Gasteiger partial charge in [0.2, 0.25) is 5.91 Å². The summed E-state index contributed by atoms with van der Waals surface area (Å²) in [4.78, 5) is 43.5. The molecule has 0 saturated carbocycles. The van der Waals surface area contributed by atoms with E-state index in [1.165, 1.54) is 0 Å². The predicted molar refractivity (Wildman–Crippen MR) is 197 cm³/mol. The normalized spacial score (nSPS) is 14.6. The topological polar surface area (TPSA) is 84.9 Å². The molecule has 0 radical (unpaired) electrons. The third-order valence-corrected chi connectivity index (χ3v) is 10.2. The van der Waals surface area contributed by atoms with Gasteiger partial charge in [0, 0.05) is 40.7 Å². The average Bonchev–Trinajstić information content (AvgIpc) is 3.50. The van der Waals surface area contributed by atoms with Gasteiger partial charge in [0.15, 0.2) is 5.60 Å². The zero-order valence-corrected chi connectivity index (χ0v) is 28.9. The second-order valence-electron chi connectivity index (χ2n) is 13.0. The van der Waals surface area contributed by atoms with Crippen LogP contribution in [0.2, 0.25) is 5.02 Å². The van der Waals surface area contributed by atoms with Gasteiger partial charge in [-0.25, -0.2) is 4.79 Å². The molecule has 1 heterocycles. The summed E-state index contributed by atoms with van der Waals surface area (Å²) in [5.74, 6) is -1.18. The highest BCUT2D eigenvalue weighted by Crippen LogP contribution is 2.45. The molecule has 5 aromatic carbocycles. The number of hydrogen-bond acceptors (Lipinski definition) is 5. The first-order valence-electron chi connectivity index (χ1n) is 17.4. The van der Waals surface area contributed by atoms with Gasteiger partial charge in [0.05, 0.1) is 6.42 Å². The molecule has 1 fully saturated rings. The Labute approximate surface area is 303 Å². The van der Waals surface area contributed by atoms with Crippen LogP contribution in [0, 0.1) is 0 Å². The number of carbonyl (C=O) groups is 3. The van der Waals surface area contributed by atoms with E-state index in [9.17, 15) is 14.4 Å². The van der Waals surface area contributed by atoms with Gasteiger partial charge in [-0.3, -0.25) is 9.59 Å². The summed E-state index contributed by atoms with van der Waals surface area (Å²) in [5.41, 5.74) is 4.87. The molecule has 0 bridgehead atoms. The third-order valence-electron chi connectivity index (χ3n) is 9.85. The Balaban J connectivity index is 1.16. The Kier molecular flexibility index (Phi) is 10.2. The number of halogens is 1. The molecule has 7 rings (SSSR count). The second-order valence-corrected chi connectivity index (χ2v) is 13.4. The number of benzene rings is 5. The molecule has 5 aromatic rings. The number of nitrogens with zero attached hydrogens (tertiary/aromatic N) is 1. The number of hydrogen-bond donors (Lipinski definition) is 1. The smallest absolute Gasteiger partial charge is 0.407 e. The lowest BCUT2D eigenvalue weighted by Crippen LogP contribution is -2.51. The van der Waals surface area contributed by atoms with Gasteiger partial charge < -0.3 is 19.7 Å². The molecule has 1 N–H and O–H groups in total. The molecule has 0 aromatic heterocycles. The molecule has 258 valence electrons. The van der Waals surface area contributed by atoms with E-state index in [4.69, 9.17) is 21.1 Å². The number of fused-ring (bicyclic) bond motifs is 3. The van der Waals surface area contributed by atoms with Crippen LogP contribution in [-0.4, -0.2) is 48.6 Å². The summed E-state index contributed by atoms with van der Waals surface area (Å²) >= 11 is 6.84. The largest absolute Gasteiger partial charge is 0.449 e. The summed E-state index contributed by atoms with van der Waals surface area (Å²) in [6.07, 6.45) is 1.54. The van der Waals surface area contributed by atoms with Crippen LogP contribution in [-0.2, 0) is 24.7 Å². The number of likely N-dealkylation sites (tertiary alicyclic amines) is 1. The Hall–Kier alpha value is -5.40. The van der Waals surface area contributed by atoms with Crippen molar-refractivity contribution in [2.24, 2.45) is 0 Å². The first kappa shape index (κ1) is 34.1. The molecule has 1 saturated heterocycles. The van der Waals surface area contributed by atoms with Gasteiger partial charge in [-0.05, 0) is 47.6 Å². The summed E-state index contributed by atoms with van der Waals surface area (Å²) in [6.45, 7) is 1.18. The standard InChI is InChI=1S/C43H39ClN2O5/c44-38-25-13-12-24-37(38)43(30-16-4-1-5-17-30,31-18-6-2-7-19-31)51-40(47)28-39(41(48)46-26-14-3-15-27-46)45-42(49)50-29-36-34-22-10-8-20-32(34)33-21-9-11-23-35(33)36/h1-2,4-13,16-25,36,39H,3,14-15,26-29H2,(H,45,49). The molecule has 1 aliphatic carbocycles. The molecule has 0 spiro atoms. The highest BCUT2D eigenvalue weighted by Gasteiger charge is 2.43. The Morgan fingerprint density at radius 1 is 0.706 bits per heavy atom. The lowest BCUT2D eigenvalue weighted by Gasteiger charge is -2.36. The van der Waals surface area contributed by atoms with Crippen molar-refractivity contribution in [2.75, 3.05) is 19.7 Å². The number of rotatable bonds is 10. The van der Waals surface area contributed by atoms with E-state index >= 15 is 0 Å². The van der Waals surface area contributed by atoms with Crippen LogP contribution >= 0.6 is 11.6 Å². The van der Waals surface area contributed by atoms with Gasteiger partial charge in [-0.15, -0.1) is 0 Å². The molecule has 2 aliphatic rings. The van der Waals surface area contributed by atoms with Crippen molar-refractivity contribution in [1.29, 1.82) is 0 Å². The van der Waals surface area contributed by atoms with Crippen molar-refractivity contribution in [3.63, 3.8) is 0 Å². The van der Waals surface area contributed by atoms with Crippen molar-refractivity contribution >= 4 is 29.6 Å². The third kappa shape index (κ3) is 6.99. The maximum atomic E-state index is 14.3. The van der Waals surface area contributed by atoms with Crippen LogP contribution in [0.4, 0.5) is 4.79 Å². The summed E-state index contributed by atoms with van der Waals surface area (Å²) in [7, 11) is 0. The molecule has 7 nitrogen and oxygen atoms in total. The Morgan fingerprint density at radius 2 is 1.24 bits per heavy atom. The van der Waals surface area contributed by atoms with Gasteiger partial charge in [0.1, 0.15) is 12.6 Å². The van der Waals surface area contributed by atoms with Crippen molar-refractivity contribution < 1.29 is 23.9 Å². The summed E-state index contributed by atoms with van der Waals surface area (Å²) in [6, 6.07) is 41.0. The van der Waals surface area contributed by atoms with E-state index in [0.29, 0.717) is 34.8 Å². The lowest BCUT2D eigenvalue weighted by molar-refractivity contribution is -0.156. The van der Waals surface area contributed by atoms with E-state index in [0.717, 1.165) is 41.5 Å². The highest BCUT2D eigenvalue weighted by atomic mass is 35.5. The van der Waals surface area contributed by atoms with E-state index in [-0.39, 0.29) is 18.4 Å². The molecule has 8 heteroatoms. The Bertz CT molecular complexity index is 1930. The molecule has 51 heavy (non-hydrogen) atoms. The van der Waals surface area contributed by atoms with Crippen LogP contribution in [0.25, 0.3) is 11.1 Å². The number of ether oxygens (including phenoxy) is 2. The van der Waals surface area contributed by atoms with Crippen LogP contribution in [0.1, 0.15) is 59.4 Å². The van der Waals surface area contributed by atoms with Crippen LogP contribution in [0.3, 0.4) is 0 Å². The SMILES string of the molecule is O=C(CC(NC(=O)OCC1c2ccccc2-c2ccccc21)C(=O)N1CCCCC1)OC(c1ccccc1)(c1ccccc1)c1ccccc1Cl. The minimum absolute atomic E-state index is 0.0760. The first-order chi connectivity index (χ1) is 25.0. The second kappa shape index (κ2) is 15.2. The van der Waals surface area contributed by atoms with Crippen LogP contribution in [0.15, 0.2) is 133 Å². The van der Waals surface area contributed by atoms with Gasteiger partial charge in [-0.1, -0.05) is 139 Å². The maximum Gasteiger partial charge on any atom is 0.407 e. The van der Waals surface area contributed by atoms with Crippen molar-refractivity contribution in [3.8, 4) is 11.1 Å². The number of piperidine rings is 1. The van der Waals surface area contributed by atoms with Gasteiger partial charge in [0.25, 0.3) is 0 Å². The number of amides is 2. The predicted octanol–water partition coefficient (Wildman–Crippen LogP) is 8.49. The fourth-order valence-corrected chi connectivity index (χ4v) is 7.71. The molecule has 1 atom stereocenters. The summed E-state index contributed by atoms with van der Waals surface area (Å²) in [5, 5.41) is 3.17. The number of esters is 1. The molecular weight excluding hydrogens is 660 g/mol. The molecule has 1 aliphatic heterocycles. The lowest BCUT2D eigenvalue weighted by atomic mass is 9.80. The number of carbonyl (C=O) groups excluding carboxylic acids is 3. The molecule has 1 unspecified atom stereocenters. The minimum atomic E-state index is -1.44. The van der Waals surface area contributed by atoms with Crippen LogP contribution in [0.5, 0.6) is 0 Å². The zero-order valence-electron chi connectivity index (χ0n) is 28.2. The van der Waals surface area contributed by atoms with Crippen molar-refractivity contribution in [2.45, 2.75) is 43.2 Å². The minimum Gasteiger partial charge on any atom is -0.449 e. The monoisotopic (exact) mass is 698 g/mol. The number of alkyl carbamates (subject to hydrolysis) is 1. The van der Waals surface area contributed by atoms with E-state index < -0.39 is 30.1 Å². The van der Waals surface area contributed by atoms with E-state index in [1.807, 2.05) is 115 Å². The van der Waals surface area contributed by atoms with Crippen molar-refractivity contribution in [1.82, 2.24) is 10.2 Å². The van der Waals surface area contributed by atoms with E-state index in [1.54, 1.807) is 11.0 Å². The number of nitrogens with one attached hydrogen (secondary N) is 1. The fraction of sp³-hybridized carbons (Fsp3) is 0.233. The van der Waals surface area contributed by atoms with Gasteiger partial charge >= 0.3 is 12.1 Å². The molecule has 2 amide bonds. The quantitative estimate of drug-likeness (QED) is 0.117. The fourth-order valence-electron chi connectivity index (χ4n) is 7.44. The molecular formula is C43H39ClN2O5. The first-order valence-corrected chi connectivity index (χ1v) is 17.8.